The number of aromatic nitrogens is 2. The van der Waals surface area contributed by atoms with E-state index in [4.69, 9.17) is 0 Å². The molecule has 8 nitrogen and oxygen atoms in total. The molecule has 5 rings (SSSR count). The molecule has 1 aromatic heterocycles. The minimum atomic E-state index is -3.70. The molecule has 1 aliphatic heterocycles. The number of sulfonamides is 1. The quantitative estimate of drug-likeness (QED) is 0.425. The van der Waals surface area contributed by atoms with Crippen molar-refractivity contribution in [1.82, 2.24) is 10.2 Å². The van der Waals surface area contributed by atoms with Gasteiger partial charge in [-0.05, 0) is 48.9 Å². The second-order valence-electron chi connectivity index (χ2n) is 7.55. The number of nitrogens with zero attached hydrogens (tertiary/aromatic N) is 2. The average molecular weight is 458 g/mol. The van der Waals surface area contributed by atoms with Crippen LogP contribution in [0.3, 0.4) is 0 Å². The van der Waals surface area contributed by atoms with Crippen molar-refractivity contribution < 1.29 is 13.2 Å². The standard InChI is InChI=1S/C24H19N5O3S/c1-15-6-2-3-7-18(15)20-14-22(28-27-20)26-24(30)16-10-12-17(13-11-16)25-23-19-8-4-5-9-21(19)33(31,32)29-23/h2-14H,1H3,(H,25,29)(H2,26,27,28,30). The Balaban J connectivity index is 1.29. The van der Waals surface area contributed by atoms with Crippen LogP contribution in [0.5, 0.6) is 0 Å². The molecular formula is C24H19N5O3S. The van der Waals surface area contributed by atoms with Gasteiger partial charge in [0.05, 0.1) is 5.69 Å². The van der Waals surface area contributed by atoms with Gasteiger partial charge in [0.2, 0.25) is 0 Å². The van der Waals surface area contributed by atoms with Gasteiger partial charge in [0.1, 0.15) is 4.90 Å². The second kappa shape index (κ2) is 8.03. The number of hydrogen-bond acceptors (Lipinski definition) is 5. The number of amides is 1. The van der Waals surface area contributed by atoms with E-state index < -0.39 is 10.0 Å². The molecule has 1 aliphatic rings. The van der Waals surface area contributed by atoms with Crippen molar-refractivity contribution in [3.05, 3.63) is 95.6 Å². The van der Waals surface area contributed by atoms with E-state index in [-0.39, 0.29) is 16.6 Å². The monoisotopic (exact) mass is 457 g/mol. The number of carbonyl (C=O) groups is 1. The molecule has 0 radical (unpaired) electrons. The molecule has 0 spiro atoms. The summed E-state index contributed by atoms with van der Waals surface area (Å²) in [5, 5.41) is 12.9. The number of fused-ring (bicyclic) bond motifs is 1. The molecule has 3 N–H and O–H groups in total. The van der Waals surface area contributed by atoms with E-state index in [1.165, 1.54) is 6.07 Å². The minimum Gasteiger partial charge on any atom is -0.339 e. The maximum absolute atomic E-state index is 12.6. The molecule has 164 valence electrons. The largest absolute Gasteiger partial charge is 0.339 e. The first-order valence-electron chi connectivity index (χ1n) is 10.1. The van der Waals surface area contributed by atoms with Gasteiger partial charge in [-0.15, -0.1) is 4.40 Å². The summed E-state index contributed by atoms with van der Waals surface area (Å²) >= 11 is 0. The first kappa shape index (κ1) is 20.7. The van der Waals surface area contributed by atoms with Gasteiger partial charge in [0, 0.05) is 28.4 Å². The minimum absolute atomic E-state index is 0.174. The van der Waals surface area contributed by atoms with Crippen LogP contribution in [0.15, 0.2) is 88.2 Å². The van der Waals surface area contributed by atoms with Crippen LogP contribution in [0.2, 0.25) is 0 Å². The molecule has 0 saturated heterocycles. The van der Waals surface area contributed by atoms with Crippen LogP contribution < -0.4 is 10.6 Å². The Labute approximate surface area is 190 Å². The first-order chi connectivity index (χ1) is 15.9. The molecule has 0 atom stereocenters. The Kier molecular flexibility index (Phi) is 5.02. The van der Waals surface area contributed by atoms with E-state index in [0.717, 1.165) is 16.8 Å². The summed E-state index contributed by atoms with van der Waals surface area (Å²) in [5.41, 5.74) is 4.49. The Bertz CT molecular complexity index is 1510. The second-order valence-corrected chi connectivity index (χ2v) is 9.12. The number of carbonyl (C=O) groups excluding carboxylic acids is 1. The SMILES string of the molecule is Cc1ccccc1-c1cc(NC(=O)c2ccc(NC3=NS(=O)(=O)c4ccccc43)cc2)n[nH]1. The molecule has 1 amide bonds. The third kappa shape index (κ3) is 4.01. The van der Waals surface area contributed by atoms with Crippen LogP contribution in [0.1, 0.15) is 21.5 Å². The van der Waals surface area contributed by atoms with Crippen LogP contribution in [-0.4, -0.2) is 30.4 Å². The summed E-state index contributed by atoms with van der Waals surface area (Å²) in [6.07, 6.45) is 0. The zero-order chi connectivity index (χ0) is 23.0. The summed E-state index contributed by atoms with van der Waals surface area (Å²) in [7, 11) is -3.70. The summed E-state index contributed by atoms with van der Waals surface area (Å²) in [6, 6.07) is 23.0. The van der Waals surface area contributed by atoms with Crippen molar-refractivity contribution in [2.24, 2.45) is 4.40 Å². The number of rotatable bonds is 4. The number of aromatic amines is 1. The molecule has 9 heteroatoms. The molecule has 0 bridgehead atoms. The highest BCUT2D eigenvalue weighted by Crippen LogP contribution is 2.27. The van der Waals surface area contributed by atoms with Crippen LogP contribution in [0.25, 0.3) is 11.3 Å². The molecule has 3 aromatic carbocycles. The van der Waals surface area contributed by atoms with E-state index in [1.54, 1.807) is 48.5 Å². The summed E-state index contributed by atoms with van der Waals surface area (Å²) in [6.45, 7) is 2.01. The van der Waals surface area contributed by atoms with Gasteiger partial charge in [-0.3, -0.25) is 9.89 Å². The maximum Gasteiger partial charge on any atom is 0.285 e. The fourth-order valence-corrected chi connectivity index (χ4v) is 4.80. The number of hydrogen-bond donors (Lipinski definition) is 3. The average Bonchev–Trinajstić information content (AvgIpc) is 3.37. The Hall–Kier alpha value is -4.24. The lowest BCUT2D eigenvalue weighted by molar-refractivity contribution is 0.102. The predicted octanol–water partition coefficient (Wildman–Crippen LogP) is 4.20. The maximum atomic E-state index is 12.6. The van der Waals surface area contributed by atoms with Gasteiger partial charge in [-0.25, -0.2) is 0 Å². The highest BCUT2D eigenvalue weighted by molar-refractivity contribution is 7.90. The van der Waals surface area contributed by atoms with Gasteiger partial charge in [0.15, 0.2) is 11.7 Å². The van der Waals surface area contributed by atoms with Crippen LogP contribution in [0, 0.1) is 6.92 Å². The number of amidine groups is 1. The van der Waals surface area contributed by atoms with E-state index in [1.807, 2.05) is 31.2 Å². The van der Waals surface area contributed by atoms with Crippen molar-refractivity contribution in [1.29, 1.82) is 0 Å². The van der Waals surface area contributed by atoms with Gasteiger partial charge >= 0.3 is 0 Å². The van der Waals surface area contributed by atoms with Crippen molar-refractivity contribution >= 4 is 33.3 Å². The number of anilines is 2. The third-order valence-corrected chi connectivity index (χ3v) is 6.63. The number of nitrogens with one attached hydrogen (secondary N) is 3. The molecular weight excluding hydrogens is 438 g/mol. The highest BCUT2D eigenvalue weighted by Gasteiger charge is 2.28. The molecule has 0 aliphatic carbocycles. The number of benzene rings is 3. The Morgan fingerprint density at radius 3 is 2.36 bits per heavy atom. The van der Waals surface area contributed by atoms with Crippen molar-refractivity contribution in [3.63, 3.8) is 0 Å². The predicted molar refractivity (Wildman–Crippen MR) is 127 cm³/mol. The molecule has 2 heterocycles. The summed E-state index contributed by atoms with van der Waals surface area (Å²) < 4.78 is 28.2. The number of H-pyrrole nitrogens is 1. The third-order valence-electron chi connectivity index (χ3n) is 5.30. The summed E-state index contributed by atoms with van der Waals surface area (Å²) in [4.78, 5) is 12.8. The van der Waals surface area contributed by atoms with Crippen LogP contribution in [0.4, 0.5) is 11.5 Å². The zero-order valence-electron chi connectivity index (χ0n) is 17.5. The van der Waals surface area contributed by atoms with Crippen molar-refractivity contribution in [2.45, 2.75) is 11.8 Å². The van der Waals surface area contributed by atoms with Crippen LogP contribution >= 0.6 is 0 Å². The smallest absolute Gasteiger partial charge is 0.285 e. The van der Waals surface area contributed by atoms with Crippen molar-refractivity contribution in [2.75, 3.05) is 10.6 Å². The summed E-state index contributed by atoms with van der Waals surface area (Å²) in [5.74, 6) is 0.362. The first-order valence-corrected chi connectivity index (χ1v) is 11.6. The number of aryl methyl sites for hydroxylation is 1. The normalized spacial score (nSPS) is 13.8. The molecule has 33 heavy (non-hydrogen) atoms. The van der Waals surface area contributed by atoms with E-state index in [9.17, 15) is 13.2 Å². The molecule has 0 unspecified atom stereocenters. The Morgan fingerprint density at radius 2 is 1.61 bits per heavy atom. The molecule has 4 aromatic rings. The van der Waals surface area contributed by atoms with E-state index in [2.05, 4.69) is 25.2 Å². The van der Waals surface area contributed by atoms with Gasteiger partial charge in [-0.2, -0.15) is 13.5 Å². The molecule has 0 saturated carbocycles. The highest BCUT2D eigenvalue weighted by atomic mass is 32.2. The zero-order valence-corrected chi connectivity index (χ0v) is 18.3. The fraction of sp³-hybridized carbons (Fsp3) is 0.0417. The lowest BCUT2D eigenvalue weighted by Crippen LogP contribution is -2.13. The van der Waals surface area contributed by atoms with Gasteiger partial charge in [-0.1, -0.05) is 36.4 Å². The Morgan fingerprint density at radius 1 is 0.909 bits per heavy atom. The van der Waals surface area contributed by atoms with Crippen molar-refractivity contribution in [3.8, 4) is 11.3 Å². The lowest BCUT2D eigenvalue weighted by Gasteiger charge is -2.07. The van der Waals surface area contributed by atoms with Gasteiger partial charge < -0.3 is 10.6 Å². The lowest BCUT2D eigenvalue weighted by atomic mass is 10.1. The fourth-order valence-electron chi connectivity index (χ4n) is 3.62. The van der Waals surface area contributed by atoms with E-state index in [0.29, 0.717) is 22.6 Å². The van der Waals surface area contributed by atoms with Crippen LogP contribution in [-0.2, 0) is 10.0 Å². The van der Waals surface area contributed by atoms with E-state index >= 15 is 0 Å². The molecule has 0 fully saturated rings. The van der Waals surface area contributed by atoms with Gasteiger partial charge in [0.25, 0.3) is 15.9 Å². The topological polar surface area (TPSA) is 116 Å².